The predicted molar refractivity (Wildman–Crippen MR) is 107 cm³/mol. The van der Waals surface area contributed by atoms with Crippen LogP contribution in [-0.2, 0) is 0 Å². The average Bonchev–Trinajstić information content (AvgIpc) is 2.95. The first-order valence-corrected chi connectivity index (χ1v) is 11.3. The minimum Gasteiger partial charge on any atom is -0.431 e. The number of aliphatic hydroxyl groups is 2. The number of aliphatic hydroxyl groups excluding tert-OH is 1. The topological polar surface area (TPSA) is 70.7 Å². The molecule has 2 N–H and O–H groups in total. The number of rotatable bonds is 1. The molecule has 4 heteroatoms. The van der Waals surface area contributed by atoms with Gasteiger partial charge < -0.3 is 14.6 Å². The number of hydrogen-bond acceptors (Lipinski definition) is 4. The van der Waals surface area contributed by atoms with Crippen molar-refractivity contribution in [2.75, 3.05) is 0 Å². The van der Waals surface area contributed by atoms with Crippen LogP contribution in [0.3, 0.4) is 0 Å². The highest BCUT2D eigenvalue weighted by Crippen LogP contribution is 2.70. The Bertz CT molecular complexity index is 797. The van der Waals surface area contributed by atoms with Gasteiger partial charge in [-0.15, -0.1) is 0 Å². The van der Waals surface area contributed by atoms with Crippen LogP contribution in [0.5, 0.6) is 0 Å². The summed E-state index contributed by atoms with van der Waals surface area (Å²) < 4.78 is 5.17. The fraction of sp³-hybridized carbons (Fsp3) is 0.792. The molecule has 0 radical (unpaired) electrons. The summed E-state index contributed by atoms with van der Waals surface area (Å²) in [7, 11) is 0. The van der Waals surface area contributed by atoms with Gasteiger partial charge in [0.15, 0.2) is 0 Å². The largest absolute Gasteiger partial charge is 0.431 e. The monoisotopic (exact) mass is 386 g/mol. The van der Waals surface area contributed by atoms with Gasteiger partial charge in [0.1, 0.15) is 0 Å². The molecule has 154 valence electrons. The summed E-state index contributed by atoms with van der Waals surface area (Å²) in [4.78, 5) is 11.4. The third-order valence-electron chi connectivity index (χ3n) is 9.95. The van der Waals surface area contributed by atoms with Crippen molar-refractivity contribution in [3.63, 3.8) is 0 Å². The fourth-order valence-electron chi connectivity index (χ4n) is 8.30. The van der Waals surface area contributed by atoms with E-state index in [4.69, 9.17) is 4.42 Å². The van der Waals surface area contributed by atoms with Crippen LogP contribution >= 0.6 is 0 Å². The molecule has 0 amide bonds. The minimum atomic E-state index is -0.638. The zero-order valence-corrected chi connectivity index (χ0v) is 17.2. The molecular formula is C24H34O4. The third kappa shape index (κ3) is 2.40. The summed E-state index contributed by atoms with van der Waals surface area (Å²) in [5.41, 5.74) is 0.219. The fourth-order valence-corrected chi connectivity index (χ4v) is 8.30. The molecule has 0 saturated heterocycles. The summed E-state index contributed by atoms with van der Waals surface area (Å²) in [5, 5.41) is 22.4. The van der Waals surface area contributed by atoms with E-state index >= 15 is 0 Å². The highest BCUT2D eigenvalue weighted by molar-refractivity contribution is 5.27. The van der Waals surface area contributed by atoms with Crippen molar-refractivity contribution in [3.8, 4) is 0 Å². The van der Waals surface area contributed by atoms with Crippen molar-refractivity contribution >= 4 is 0 Å². The molecule has 1 aromatic heterocycles. The Morgan fingerprint density at radius 1 is 1.00 bits per heavy atom. The van der Waals surface area contributed by atoms with Gasteiger partial charge in [-0.25, -0.2) is 4.79 Å². The summed E-state index contributed by atoms with van der Waals surface area (Å²) in [6.07, 6.45) is 10.7. The molecule has 5 rings (SSSR count). The molecule has 4 nitrogen and oxygen atoms in total. The Morgan fingerprint density at radius 3 is 2.57 bits per heavy atom. The van der Waals surface area contributed by atoms with Gasteiger partial charge >= 0.3 is 5.63 Å². The van der Waals surface area contributed by atoms with Crippen molar-refractivity contribution in [3.05, 3.63) is 34.4 Å². The van der Waals surface area contributed by atoms with Gasteiger partial charge in [0.25, 0.3) is 0 Å². The molecule has 4 aliphatic carbocycles. The molecule has 4 saturated carbocycles. The van der Waals surface area contributed by atoms with Crippen LogP contribution in [0, 0.1) is 28.6 Å². The van der Waals surface area contributed by atoms with Crippen LogP contribution in [0.25, 0.3) is 0 Å². The summed E-state index contributed by atoms with van der Waals surface area (Å²) in [6.45, 7) is 4.73. The molecule has 4 fully saturated rings. The smallest absolute Gasteiger partial charge is 0.335 e. The van der Waals surface area contributed by atoms with Crippen LogP contribution in [0.15, 0.2) is 27.6 Å². The van der Waals surface area contributed by atoms with Gasteiger partial charge in [0, 0.05) is 11.5 Å². The van der Waals surface area contributed by atoms with Crippen molar-refractivity contribution in [2.24, 2.45) is 28.6 Å². The lowest BCUT2D eigenvalue weighted by Crippen LogP contribution is -2.62. The maximum Gasteiger partial charge on any atom is 0.335 e. The normalized spacial score (nSPS) is 50.5. The second kappa shape index (κ2) is 6.18. The van der Waals surface area contributed by atoms with E-state index in [1.54, 1.807) is 6.26 Å². The lowest BCUT2D eigenvalue weighted by Gasteiger charge is -2.63. The lowest BCUT2D eigenvalue weighted by molar-refractivity contribution is -0.205. The van der Waals surface area contributed by atoms with E-state index in [0.29, 0.717) is 17.8 Å². The van der Waals surface area contributed by atoms with Crippen LogP contribution in [-0.4, -0.2) is 21.9 Å². The zero-order valence-electron chi connectivity index (χ0n) is 17.2. The Balaban J connectivity index is 1.48. The van der Waals surface area contributed by atoms with Gasteiger partial charge in [-0.3, -0.25) is 0 Å². The first kappa shape index (κ1) is 18.9. The van der Waals surface area contributed by atoms with Gasteiger partial charge in [0.05, 0.1) is 18.0 Å². The van der Waals surface area contributed by atoms with E-state index < -0.39 is 5.60 Å². The van der Waals surface area contributed by atoms with E-state index in [2.05, 4.69) is 13.8 Å². The third-order valence-corrected chi connectivity index (χ3v) is 9.95. The van der Waals surface area contributed by atoms with E-state index in [1.807, 2.05) is 6.07 Å². The van der Waals surface area contributed by atoms with Crippen molar-refractivity contribution in [1.29, 1.82) is 0 Å². The molecule has 0 unspecified atom stereocenters. The maximum absolute atomic E-state index is 12.2. The number of fused-ring (bicyclic) bond motifs is 5. The van der Waals surface area contributed by atoms with E-state index in [9.17, 15) is 15.0 Å². The highest BCUT2D eigenvalue weighted by Gasteiger charge is 2.67. The Hall–Kier alpha value is -1.13. The van der Waals surface area contributed by atoms with Crippen LogP contribution in [0.4, 0.5) is 0 Å². The van der Waals surface area contributed by atoms with Gasteiger partial charge in [0.2, 0.25) is 0 Å². The molecule has 1 heterocycles. The Labute approximate surface area is 167 Å². The van der Waals surface area contributed by atoms with Crippen molar-refractivity contribution < 1.29 is 14.6 Å². The summed E-state index contributed by atoms with van der Waals surface area (Å²) in [6, 6.07) is 3.42. The predicted octanol–water partition coefficient (Wildman–Crippen LogP) is 4.24. The standard InChI is InChI=1S/C24H34O4/c1-22-10-7-17(25)13-16(22)4-5-20-19(22)8-11-23(2)18(9-12-24(20,23)27)15-3-6-21(26)28-14-15/h3,6,14,16-20,25,27H,4-5,7-13H2,1-2H3/t16-,17+,18+,19-,20-,22+,23+,24-/m0/s1. The van der Waals surface area contributed by atoms with Crippen molar-refractivity contribution in [2.45, 2.75) is 89.3 Å². The second-order valence-corrected chi connectivity index (χ2v) is 10.8. The van der Waals surface area contributed by atoms with E-state index in [1.165, 1.54) is 12.5 Å². The first-order valence-electron chi connectivity index (χ1n) is 11.3. The molecule has 28 heavy (non-hydrogen) atoms. The van der Waals surface area contributed by atoms with E-state index in [-0.39, 0.29) is 28.5 Å². The Kier molecular flexibility index (Phi) is 4.17. The second-order valence-electron chi connectivity index (χ2n) is 10.8. The minimum absolute atomic E-state index is 0.129. The first-order chi connectivity index (χ1) is 13.3. The van der Waals surface area contributed by atoms with Gasteiger partial charge in [-0.1, -0.05) is 13.8 Å². The molecular weight excluding hydrogens is 352 g/mol. The van der Waals surface area contributed by atoms with Crippen LogP contribution < -0.4 is 5.63 Å². The van der Waals surface area contributed by atoms with Gasteiger partial charge in [-0.2, -0.15) is 0 Å². The molecule has 0 spiro atoms. The average molecular weight is 387 g/mol. The quantitative estimate of drug-likeness (QED) is 0.757. The lowest BCUT2D eigenvalue weighted by atomic mass is 9.43. The molecule has 0 bridgehead atoms. The van der Waals surface area contributed by atoms with E-state index in [0.717, 1.165) is 56.9 Å². The maximum atomic E-state index is 12.2. The highest BCUT2D eigenvalue weighted by atomic mass is 16.4. The molecule has 0 aliphatic heterocycles. The molecule has 4 aliphatic rings. The molecule has 0 aromatic carbocycles. The van der Waals surface area contributed by atoms with Crippen LogP contribution in [0.1, 0.15) is 83.1 Å². The summed E-state index contributed by atoms with van der Waals surface area (Å²) >= 11 is 0. The SMILES string of the molecule is C[C@@]12CC[C@@H](O)C[C@@H]1CC[C@H]1[C@@H]2CC[C@]2(C)[C@@H](c3ccc(=O)oc3)CC[C@]12O. The van der Waals surface area contributed by atoms with Crippen molar-refractivity contribution in [1.82, 2.24) is 0 Å². The zero-order chi connectivity index (χ0) is 19.7. The number of hydrogen-bond donors (Lipinski definition) is 2. The molecule has 8 atom stereocenters. The van der Waals surface area contributed by atoms with Gasteiger partial charge in [-0.05, 0) is 98.5 Å². The van der Waals surface area contributed by atoms with Crippen LogP contribution in [0.2, 0.25) is 0 Å². The Morgan fingerprint density at radius 2 is 1.82 bits per heavy atom. The molecule has 1 aromatic rings. The summed E-state index contributed by atoms with van der Waals surface area (Å²) in [5.74, 6) is 1.76.